The van der Waals surface area contributed by atoms with Gasteiger partial charge in [-0.05, 0) is 47.7 Å². The fraction of sp³-hybridized carbons (Fsp3) is 0.130. The Morgan fingerprint density at radius 2 is 2.17 bits per heavy atom. The first kappa shape index (κ1) is 26.4. The normalized spacial score (nSPS) is 11.2. The van der Waals surface area contributed by atoms with Crippen molar-refractivity contribution in [2.24, 2.45) is 0 Å². The Morgan fingerprint density at radius 3 is 2.89 bits per heavy atom. The van der Waals surface area contributed by atoms with Crippen LogP contribution in [0.2, 0.25) is 5.02 Å². The fourth-order valence-corrected chi connectivity index (χ4v) is 5.04. The van der Waals surface area contributed by atoms with Gasteiger partial charge in [-0.15, -0.1) is 10.2 Å². The second kappa shape index (κ2) is 12.5. The van der Waals surface area contributed by atoms with Gasteiger partial charge >= 0.3 is 0 Å². The number of aromatic nitrogens is 4. The number of aldehydes is 1. The molecule has 0 bridgehead atoms. The Bertz CT molecular complexity index is 1370. The van der Waals surface area contributed by atoms with E-state index < -0.39 is 0 Å². The van der Waals surface area contributed by atoms with Crippen molar-refractivity contribution in [2.45, 2.75) is 6.42 Å². The molecule has 0 saturated carbocycles. The van der Waals surface area contributed by atoms with Crippen LogP contribution in [-0.4, -0.2) is 44.0 Å². The molecule has 0 amide bonds. The van der Waals surface area contributed by atoms with Gasteiger partial charge < -0.3 is 14.3 Å². The molecule has 1 N–H and O–H groups in total. The number of carbonyl (C=O) groups is 1. The number of phenolic OH excluding ortho intramolecular Hbond substituents is 1. The van der Waals surface area contributed by atoms with E-state index in [0.717, 1.165) is 6.29 Å². The van der Waals surface area contributed by atoms with Crippen LogP contribution in [0.4, 0.5) is 5.95 Å². The largest absolute Gasteiger partial charge is 0.506 e. The zero-order valence-electron chi connectivity index (χ0n) is 18.7. The maximum atomic E-state index is 11.5. The summed E-state index contributed by atoms with van der Waals surface area (Å²) in [5.74, 6) is 2.25. The lowest BCUT2D eigenvalue weighted by molar-refractivity contribution is 0.112. The highest BCUT2D eigenvalue weighted by Crippen LogP contribution is 2.39. The van der Waals surface area contributed by atoms with E-state index in [2.05, 4.69) is 36.4 Å². The molecule has 36 heavy (non-hydrogen) atoms. The molecule has 0 spiro atoms. The zero-order valence-corrected chi connectivity index (χ0v) is 23.3. The molecule has 0 aliphatic heterocycles. The Labute approximate surface area is 232 Å². The van der Waals surface area contributed by atoms with Gasteiger partial charge in [-0.3, -0.25) is 18.7 Å². The van der Waals surface area contributed by atoms with Gasteiger partial charge in [0.05, 0.1) is 24.1 Å². The summed E-state index contributed by atoms with van der Waals surface area (Å²) in [5.41, 5.74) is 1.47. The lowest BCUT2D eigenvalue weighted by Crippen LogP contribution is -2.14. The molecule has 9 nitrogen and oxygen atoms in total. The zero-order chi connectivity index (χ0) is 25.5. The van der Waals surface area contributed by atoms with Crippen molar-refractivity contribution >= 4 is 65.9 Å². The molecule has 0 unspecified atom stereocenters. The SMILES string of the molecule is COc1cccc(O)c1-n1c(-c2ccco2)nnc1N(/C=C/SI)SCCc1ncc(Cl)cc1C=O. The van der Waals surface area contributed by atoms with E-state index in [9.17, 15) is 9.90 Å². The summed E-state index contributed by atoms with van der Waals surface area (Å²) in [6, 6.07) is 10.1. The van der Waals surface area contributed by atoms with Gasteiger partial charge in [-0.2, -0.15) is 0 Å². The average molecular weight is 656 g/mol. The van der Waals surface area contributed by atoms with Crippen molar-refractivity contribution in [3.05, 3.63) is 76.7 Å². The Hall–Kier alpha value is -2.68. The van der Waals surface area contributed by atoms with Gasteiger partial charge in [-0.25, -0.2) is 0 Å². The number of aryl methyl sites for hydroxylation is 1. The molecule has 3 heterocycles. The molecule has 0 aliphatic carbocycles. The number of ether oxygens (including phenoxy) is 1. The van der Waals surface area contributed by atoms with Crippen molar-refractivity contribution in [1.29, 1.82) is 0 Å². The van der Waals surface area contributed by atoms with E-state index in [1.807, 2.05) is 15.9 Å². The van der Waals surface area contributed by atoms with Crippen LogP contribution in [0, 0.1) is 0 Å². The lowest BCUT2D eigenvalue weighted by atomic mass is 10.2. The molecular formula is C23H19ClIN5O4S2. The third-order valence-corrected chi connectivity index (χ3v) is 7.18. The number of hydrogen-bond donors (Lipinski definition) is 1. The van der Waals surface area contributed by atoms with Gasteiger partial charge in [0.15, 0.2) is 12.0 Å². The summed E-state index contributed by atoms with van der Waals surface area (Å²) in [5, 5.41) is 21.9. The number of rotatable bonds is 11. The Morgan fingerprint density at radius 1 is 1.31 bits per heavy atom. The van der Waals surface area contributed by atoms with Gasteiger partial charge in [-0.1, -0.05) is 26.6 Å². The van der Waals surface area contributed by atoms with Crippen LogP contribution in [-0.2, 0) is 6.42 Å². The predicted octanol–water partition coefficient (Wildman–Crippen LogP) is 6.35. The van der Waals surface area contributed by atoms with Crippen molar-refractivity contribution in [3.8, 4) is 28.8 Å². The van der Waals surface area contributed by atoms with Crippen LogP contribution in [0.15, 0.2) is 64.9 Å². The number of aromatic hydroxyl groups is 1. The van der Waals surface area contributed by atoms with Gasteiger partial charge in [0.1, 0.15) is 17.2 Å². The highest BCUT2D eigenvalue weighted by molar-refractivity contribution is 14.2. The molecule has 0 aliphatic rings. The van der Waals surface area contributed by atoms with E-state index in [0.29, 0.717) is 57.4 Å². The number of hydrogen-bond acceptors (Lipinski definition) is 10. The van der Waals surface area contributed by atoms with Crippen LogP contribution in [0.3, 0.4) is 0 Å². The number of furan rings is 1. The molecule has 0 radical (unpaired) electrons. The van der Waals surface area contributed by atoms with Crippen molar-refractivity contribution in [1.82, 2.24) is 19.7 Å². The lowest BCUT2D eigenvalue weighted by Gasteiger charge is -2.21. The minimum absolute atomic E-state index is 0.0126. The summed E-state index contributed by atoms with van der Waals surface area (Å²) in [6.07, 6.45) is 6.17. The third-order valence-electron chi connectivity index (χ3n) is 4.92. The number of nitrogens with zero attached hydrogens (tertiary/aromatic N) is 5. The molecule has 1 aromatic carbocycles. The number of para-hydroxylation sites is 1. The topological polar surface area (TPSA) is 107 Å². The molecule has 0 saturated heterocycles. The summed E-state index contributed by atoms with van der Waals surface area (Å²) < 4.78 is 14.6. The first-order valence-electron chi connectivity index (χ1n) is 10.4. The van der Waals surface area contributed by atoms with Gasteiger partial charge in [0.25, 0.3) is 0 Å². The third kappa shape index (κ3) is 5.82. The maximum absolute atomic E-state index is 11.5. The first-order valence-corrected chi connectivity index (χ1v) is 15.1. The smallest absolute Gasteiger partial charge is 0.246 e. The van der Waals surface area contributed by atoms with Crippen LogP contribution in [0.25, 0.3) is 17.3 Å². The monoisotopic (exact) mass is 655 g/mol. The molecule has 13 heteroatoms. The highest BCUT2D eigenvalue weighted by Gasteiger charge is 2.26. The maximum Gasteiger partial charge on any atom is 0.246 e. The van der Waals surface area contributed by atoms with E-state index in [4.69, 9.17) is 20.8 Å². The number of carbonyl (C=O) groups excluding carboxylic acids is 1. The molecule has 186 valence electrons. The Balaban J connectivity index is 1.74. The molecular weight excluding hydrogens is 637 g/mol. The van der Waals surface area contributed by atoms with Crippen LogP contribution in [0.1, 0.15) is 16.1 Å². The van der Waals surface area contributed by atoms with Gasteiger partial charge in [0.2, 0.25) is 11.8 Å². The second-order valence-electron chi connectivity index (χ2n) is 7.05. The van der Waals surface area contributed by atoms with E-state index in [-0.39, 0.29) is 5.75 Å². The molecule has 0 fully saturated rings. The van der Waals surface area contributed by atoms with Crippen LogP contribution < -0.4 is 9.04 Å². The fourth-order valence-electron chi connectivity index (χ4n) is 3.37. The van der Waals surface area contributed by atoms with Crippen LogP contribution >= 0.6 is 53.7 Å². The number of halogens is 2. The molecule has 0 atom stereocenters. The molecule has 4 aromatic rings. The number of pyridine rings is 1. The number of anilines is 1. The van der Waals surface area contributed by atoms with Crippen LogP contribution in [0.5, 0.6) is 11.5 Å². The molecule has 4 rings (SSSR count). The standard InChI is InChI=1S/C23H19ClIN5O4S2/c1-33-19-5-2-4-18(32)21(19)30-22(20-6-3-9-34-20)27-28-23(30)29(8-11-35-25)36-10-7-17-15(14-31)12-16(24)13-26-17/h2-6,8-9,11-14,32H,7,10H2,1H3/b11-8+. The van der Waals surface area contributed by atoms with Crippen molar-refractivity contribution in [2.75, 3.05) is 17.2 Å². The minimum Gasteiger partial charge on any atom is -0.506 e. The summed E-state index contributed by atoms with van der Waals surface area (Å²) in [7, 11) is 3.02. The van der Waals surface area contributed by atoms with E-state index in [1.54, 1.807) is 47.2 Å². The number of phenols is 1. The average Bonchev–Trinajstić information content (AvgIpc) is 3.57. The quantitative estimate of drug-likeness (QED) is 0.112. The Kier molecular flexibility index (Phi) is 9.18. The van der Waals surface area contributed by atoms with E-state index in [1.165, 1.54) is 34.2 Å². The predicted molar refractivity (Wildman–Crippen MR) is 151 cm³/mol. The van der Waals surface area contributed by atoms with Crippen molar-refractivity contribution < 1.29 is 19.1 Å². The summed E-state index contributed by atoms with van der Waals surface area (Å²) in [6.45, 7) is 0. The number of methoxy groups -OCH3 is 1. The minimum atomic E-state index is -0.0126. The molecule has 3 aromatic heterocycles. The number of benzene rings is 1. The highest BCUT2D eigenvalue weighted by atomic mass is 127. The second-order valence-corrected chi connectivity index (χ2v) is 10.5. The summed E-state index contributed by atoms with van der Waals surface area (Å²) in [4.78, 5) is 15.8. The van der Waals surface area contributed by atoms with Gasteiger partial charge in [0, 0.05) is 51.3 Å². The first-order chi connectivity index (χ1) is 17.6. The van der Waals surface area contributed by atoms with Crippen molar-refractivity contribution in [3.63, 3.8) is 0 Å². The summed E-state index contributed by atoms with van der Waals surface area (Å²) >= 11 is 9.57. The van der Waals surface area contributed by atoms with E-state index >= 15 is 0 Å².